The molecule has 1 atom stereocenters. The van der Waals surface area contributed by atoms with Crippen LogP contribution < -0.4 is 15.4 Å². The first-order valence-electron chi connectivity index (χ1n) is 9.18. The van der Waals surface area contributed by atoms with E-state index < -0.39 is 0 Å². The van der Waals surface area contributed by atoms with Crippen LogP contribution >= 0.6 is 24.0 Å². The maximum Gasteiger partial charge on any atom is 0.191 e. The molecule has 26 heavy (non-hydrogen) atoms. The second kappa shape index (κ2) is 13.2. The summed E-state index contributed by atoms with van der Waals surface area (Å²) in [6.07, 6.45) is 2.50. The summed E-state index contributed by atoms with van der Waals surface area (Å²) in [7, 11) is 3.44. The number of aliphatic imine (C=N–C) groups is 1. The van der Waals surface area contributed by atoms with Crippen molar-refractivity contribution in [3.05, 3.63) is 29.8 Å². The Balaban J connectivity index is 0.00000338. The van der Waals surface area contributed by atoms with Gasteiger partial charge in [-0.25, -0.2) is 0 Å². The highest BCUT2D eigenvalue weighted by Crippen LogP contribution is 2.31. The van der Waals surface area contributed by atoms with Gasteiger partial charge in [0, 0.05) is 25.8 Å². The van der Waals surface area contributed by atoms with Crippen molar-refractivity contribution in [2.45, 2.75) is 25.8 Å². The van der Waals surface area contributed by atoms with Crippen molar-refractivity contribution in [1.82, 2.24) is 15.5 Å². The fourth-order valence-electron chi connectivity index (χ4n) is 3.20. The van der Waals surface area contributed by atoms with Crippen molar-refractivity contribution in [3.63, 3.8) is 0 Å². The standard InChI is InChI=1S/C19H32N4O2.HI/c1-4-20-19(21-11-14-24-2)22-15-17(23-12-7-8-13-23)16-9-5-6-10-18(16)25-3;/h5-6,9-10,17H,4,7-8,11-15H2,1-3H3,(H2,20,21,22);1H. The quantitative estimate of drug-likeness (QED) is 0.249. The van der Waals surface area contributed by atoms with Gasteiger partial charge in [0.2, 0.25) is 0 Å². The lowest BCUT2D eigenvalue weighted by molar-refractivity contribution is 0.203. The normalized spacial score (nSPS) is 16.0. The monoisotopic (exact) mass is 476 g/mol. The van der Waals surface area contributed by atoms with E-state index in [1.165, 1.54) is 18.4 Å². The Hall–Kier alpha value is -1.06. The van der Waals surface area contributed by atoms with Crippen LogP contribution in [0.2, 0.25) is 0 Å². The lowest BCUT2D eigenvalue weighted by Crippen LogP contribution is -2.39. The van der Waals surface area contributed by atoms with Gasteiger partial charge in [0.15, 0.2) is 5.96 Å². The molecule has 1 aromatic carbocycles. The van der Waals surface area contributed by atoms with Gasteiger partial charge >= 0.3 is 0 Å². The van der Waals surface area contributed by atoms with E-state index in [1.807, 2.05) is 12.1 Å². The molecule has 0 radical (unpaired) electrons. The Morgan fingerprint density at radius 2 is 1.92 bits per heavy atom. The van der Waals surface area contributed by atoms with Crippen molar-refractivity contribution < 1.29 is 9.47 Å². The lowest BCUT2D eigenvalue weighted by Gasteiger charge is -2.28. The van der Waals surface area contributed by atoms with Crippen LogP contribution in [0.4, 0.5) is 0 Å². The van der Waals surface area contributed by atoms with Crippen LogP contribution in [0.15, 0.2) is 29.3 Å². The molecule has 2 N–H and O–H groups in total. The third kappa shape index (κ3) is 6.92. The van der Waals surface area contributed by atoms with E-state index in [-0.39, 0.29) is 30.0 Å². The molecule has 0 aliphatic carbocycles. The number of hydrogen-bond donors (Lipinski definition) is 2. The Morgan fingerprint density at radius 1 is 1.19 bits per heavy atom. The number of halogens is 1. The summed E-state index contributed by atoms with van der Waals surface area (Å²) in [4.78, 5) is 7.34. The van der Waals surface area contributed by atoms with Gasteiger partial charge in [-0.15, -0.1) is 24.0 Å². The fourth-order valence-corrected chi connectivity index (χ4v) is 3.20. The largest absolute Gasteiger partial charge is 0.496 e. The molecule has 0 bridgehead atoms. The molecule has 0 amide bonds. The third-order valence-electron chi connectivity index (χ3n) is 4.44. The van der Waals surface area contributed by atoms with Crippen LogP contribution in [-0.4, -0.2) is 64.4 Å². The first-order valence-corrected chi connectivity index (χ1v) is 9.18. The summed E-state index contributed by atoms with van der Waals surface area (Å²) in [5.41, 5.74) is 1.21. The molecular weight excluding hydrogens is 443 g/mol. The van der Waals surface area contributed by atoms with Gasteiger partial charge in [-0.05, 0) is 38.9 Å². The molecule has 0 aromatic heterocycles. The van der Waals surface area contributed by atoms with E-state index in [1.54, 1.807) is 14.2 Å². The summed E-state index contributed by atoms with van der Waals surface area (Å²) in [6.45, 7) is 7.24. The second-order valence-corrected chi connectivity index (χ2v) is 6.14. The lowest BCUT2D eigenvalue weighted by atomic mass is 10.0. The van der Waals surface area contributed by atoms with Gasteiger partial charge in [0.05, 0.1) is 26.3 Å². The van der Waals surface area contributed by atoms with Gasteiger partial charge in [0.1, 0.15) is 5.75 Å². The van der Waals surface area contributed by atoms with Gasteiger partial charge in [-0.2, -0.15) is 0 Å². The van der Waals surface area contributed by atoms with Crippen molar-refractivity contribution in [3.8, 4) is 5.75 Å². The topological polar surface area (TPSA) is 58.1 Å². The van der Waals surface area contributed by atoms with E-state index >= 15 is 0 Å². The summed E-state index contributed by atoms with van der Waals surface area (Å²) < 4.78 is 10.7. The molecule has 1 aliphatic heterocycles. The summed E-state index contributed by atoms with van der Waals surface area (Å²) >= 11 is 0. The maximum atomic E-state index is 5.60. The third-order valence-corrected chi connectivity index (χ3v) is 4.44. The molecule has 0 saturated carbocycles. The van der Waals surface area contributed by atoms with Crippen LogP contribution in [0.5, 0.6) is 5.75 Å². The van der Waals surface area contributed by atoms with Crippen LogP contribution in [0, 0.1) is 0 Å². The molecule has 7 heteroatoms. The van der Waals surface area contributed by atoms with Crippen molar-refractivity contribution in [1.29, 1.82) is 0 Å². The number of hydrogen-bond acceptors (Lipinski definition) is 4. The van der Waals surface area contributed by atoms with Crippen molar-refractivity contribution in [2.75, 3.05) is 53.6 Å². The molecule has 1 saturated heterocycles. The number of para-hydroxylation sites is 1. The van der Waals surface area contributed by atoms with Crippen LogP contribution in [-0.2, 0) is 4.74 Å². The minimum Gasteiger partial charge on any atom is -0.496 e. The first-order chi connectivity index (χ1) is 12.3. The zero-order valence-electron chi connectivity index (χ0n) is 16.2. The zero-order chi connectivity index (χ0) is 17.9. The van der Waals surface area contributed by atoms with Gasteiger partial charge in [-0.1, -0.05) is 18.2 Å². The number of nitrogens with zero attached hydrogens (tertiary/aromatic N) is 2. The van der Waals surface area contributed by atoms with E-state index in [0.717, 1.165) is 37.9 Å². The van der Waals surface area contributed by atoms with Gasteiger partial charge < -0.3 is 20.1 Å². The zero-order valence-corrected chi connectivity index (χ0v) is 18.5. The Morgan fingerprint density at radius 3 is 2.58 bits per heavy atom. The number of rotatable bonds is 9. The first kappa shape index (κ1) is 23.0. The van der Waals surface area contributed by atoms with Crippen LogP contribution in [0.1, 0.15) is 31.4 Å². The maximum absolute atomic E-state index is 5.60. The number of ether oxygens (including phenoxy) is 2. The number of guanidine groups is 1. The smallest absolute Gasteiger partial charge is 0.191 e. The predicted octanol–water partition coefficient (Wildman–Crippen LogP) is 2.65. The van der Waals surface area contributed by atoms with E-state index in [4.69, 9.17) is 14.5 Å². The summed E-state index contributed by atoms with van der Waals surface area (Å²) in [6, 6.07) is 8.51. The highest BCUT2D eigenvalue weighted by molar-refractivity contribution is 14.0. The predicted molar refractivity (Wildman–Crippen MR) is 118 cm³/mol. The van der Waals surface area contributed by atoms with E-state index in [0.29, 0.717) is 13.2 Å². The molecule has 1 aromatic rings. The average molecular weight is 476 g/mol. The molecule has 1 fully saturated rings. The highest BCUT2D eigenvalue weighted by atomic mass is 127. The number of likely N-dealkylation sites (tertiary alicyclic amines) is 1. The van der Waals surface area contributed by atoms with E-state index in [9.17, 15) is 0 Å². The number of methoxy groups -OCH3 is 2. The molecule has 2 rings (SSSR count). The Kier molecular flexibility index (Phi) is 11.6. The molecule has 6 nitrogen and oxygen atoms in total. The number of benzene rings is 1. The van der Waals surface area contributed by atoms with Gasteiger partial charge in [-0.3, -0.25) is 9.89 Å². The minimum atomic E-state index is 0. The number of nitrogens with one attached hydrogen (secondary N) is 2. The molecule has 0 spiro atoms. The Labute approximate surface area is 174 Å². The van der Waals surface area contributed by atoms with Crippen LogP contribution in [0.25, 0.3) is 0 Å². The molecule has 148 valence electrons. The molecule has 1 heterocycles. The van der Waals surface area contributed by atoms with Crippen molar-refractivity contribution in [2.24, 2.45) is 4.99 Å². The second-order valence-electron chi connectivity index (χ2n) is 6.14. The average Bonchev–Trinajstić information content (AvgIpc) is 3.17. The Bertz CT molecular complexity index is 536. The summed E-state index contributed by atoms with van der Waals surface area (Å²) in [5.74, 6) is 1.77. The molecule has 1 unspecified atom stereocenters. The highest BCUT2D eigenvalue weighted by Gasteiger charge is 2.25. The fraction of sp³-hybridized carbons (Fsp3) is 0.632. The van der Waals surface area contributed by atoms with E-state index in [2.05, 4.69) is 34.6 Å². The summed E-state index contributed by atoms with van der Waals surface area (Å²) in [5, 5.41) is 6.61. The SMILES string of the molecule is CCNC(=NCC(c1ccccc1OC)N1CCCC1)NCCOC.I. The van der Waals surface area contributed by atoms with Crippen LogP contribution in [0.3, 0.4) is 0 Å². The van der Waals surface area contributed by atoms with Gasteiger partial charge in [0.25, 0.3) is 0 Å². The minimum absolute atomic E-state index is 0. The van der Waals surface area contributed by atoms with Crippen molar-refractivity contribution >= 4 is 29.9 Å². The molecule has 1 aliphatic rings. The molecular formula is C19H33IN4O2.